The number of nitrogens with zero attached hydrogens (tertiary/aromatic N) is 1. The highest BCUT2D eigenvalue weighted by atomic mass is 35.5. The maximum atomic E-state index is 12.8. The van der Waals surface area contributed by atoms with Crippen molar-refractivity contribution in [1.82, 2.24) is 4.90 Å². The molecule has 130 valence electrons. The van der Waals surface area contributed by atoms with Crippen molar-refractivity contribution in [3.8, 4) is 5.75 Å². The van der Waals surface area contributed by atoms with E-state index in [-0.39, 0.29) is 23.7 Å². The van der Waals surface area contributed by atoms with Crippen LogP contribution in [0.25, 0.3) is 0 Å². The molecule has 0 saturated carbocycles. The maximum absolute atomic E-state index is 12.8. The quantitative estimate of drug-likeness (QED) is 0.864. The lowest BCUT2D eigenvalue weighted by Gasteiger charge is -2.39. The van der Waals surface area contributed by atoms with Crippen LogP contribution in [0.15, 0.2) is 24.3 Å². The van der Waals surface area contributed by atoms with Crippen molar-refractivity contribution < 1.29 is 9.90 Å². The minimum absolute atomic E-state index is 0. The third-order valence-electron chi connectivity index (χ3n) is 5.34. The number of hydrogen-bond acceptors (Lipinski definition) is 3. The predicted molar refractivity (Wildman–Crippen MR) is 96.0 cm³/mol. The first-order valence-corrected chi connectivity index (χ1v) is 8.34. The molecule has 1 heterocycles. The zero-order chi connectivity index (χ0) is 16.2. The van der Waals surface area contributed by atoms with Gasteiger partial charge in [0.25, 0.3) is 0 Å². The van der Waals surface area contributed by atoms with Crippen LogP contribution in [-0.2, 0) is 4.79 Å². The molecule has 1 aliphatic rings. The average molecular weight is 341 g/mol. The van der Waals surface area contributed by atoms with Gasteiger partial charge in [0.1, 0.15) is 5.75 Å². The molecule has 0 radical (unpaired) electrons. The molecular formula is C18H29ClN2O2. The topological polar surface area (TPSA) is 66.6 Å². The minimum atomic E-state index is -0.384. The van der Waals surface area contributed by atoms with Gasteiger partial charge in [0, 0.05) is 19.6 Å². The molecule has 1 aliphatic heterocycles. The molecule has 2 rings (SSSR count). The fraction of sp³-hybridized carbons (Fsp3) is 0.611. The van der Waals surface area contributed by atoms with Crippen molar-refractivity contribution in [1.29, 1.82) is 0 Å². The number of carbonyl (C=O) groups is 1. The van der Waals surface area contributed by atoms with Crippen LogP contribution in [0.1, 0.15) is 51.0 Å². The van der Waals surface area contributed by atoms with Gasteiger partial charge in [0.15, 0.2) is 0 Å². The zero-order valence-electron chi connectivity index (χ0n) is 14.1. The molecule has 1 fully saturated rings. The summed E-state index contributed by atoms with van der Waals surface area (Å²) >= 11 is 0. The van der Waals surface area contributed by atoms with Gasteiger partial charge in [-0.15, -0.1) is 12.4 Å². The second-order valence-electron chi connectivity index (χ2n) is 6.35. The number of carbonyl (C=O) groups excluding carboxylic acids is 1. The molecule has 4 nitrogen and oxygen atoms in total. The number of amides is 1. The molecule has 0 atom stereocenters. The Kier molecular flexibility index (Phi) is 7.36. The number of benzene rings is 1. The van der Waals surface area contributed by atoms with Gasteiger partial charge in [-0.2, -0.15) is 0 Å². The average Bonchev–Trinajstić information content (AvgIpc) is 2.58. The second kappa shape index (κ2) is 8.55. The van der Waals surface area contributed by atoms with Crippen LogP contribution in [0.5, 0.6) is 5.75 Å². The van der Waals surface area contributed by atoms with E-state index in [1.165, 1.54) is 5.56 Å². The van der Waals surface area contributed by atoms with Crippen molar-refractivity contribution in [3.05, 3.63) is 29.8 Å². The molecule has 1 amide bonds. The Morgan fingerprint density at radius 2 is 1.74 bits per heavy atom. The lowest BCUT2D eigenvalue weighted by Crippen LogP contribution is -2.49. The molecule has 1 aromatic rings. The Morgan fingerprint density at radius 1 is 1.22 bits per heavy atom. The monoisotopic (exact) mass is 340 g/mol. The van der Waals surface area contributed by atoms with E-state index in [4.69, 9.17) is 5.73 Å². The van der Waals surface area contributed by atoms with E-state index in [9.17, 15) is 9.90 Å². The number of likely N-dealkylation sites (tertiary alicyclic amines) is 1. The van der Waals surface area contributed by atoms with Crippen LogP contribution in [0.2, 0.25) is 0 Å². The molecule has 1 saturated heterocycles. The van der Waals surface area contributed by atoms with Gasteiger partial charge in [-0.25, -0.2) is 0 Å². The van der Waals surface area contributed by atoms with Crippen molar-refractivity contribution >= 4 is 18.3 Å². The predicted octanol–water partition coefficient (Wildman–Crippen LogP) is 3.29. The highest BCUT2D eigenvalue weighted by Crippen LogP contribution is 2.33. The Labute approximate surface area is 145 Å². The fourth-order valence-electron chi connectivity index (χ4n) is 3.43. The number of phenolic OH excluding ortho intramolecular Hbond substituents is 1. The van der Waals surface area contributed by atoms with E-state index in [2.05, 4.69) is 13.8 Å². The van der Waals surface area contributed by atoms with Crippen molar-refractivity contribution in [3.63, 3.8) is 0 Å². The summed E-state index contributed by atoms with van der Waals surface area (Å²) in [5.74, 6) is 0.999. The smallest absolute Gasteiger partial charge is 0.230 e. The summed E-state index contributed by atoms with van der Waals surface area (Å²) in [6.45, 7) is 6.13. The Balaban J connectivity index is 0.00000264. The molecule has 1 aromatic carbocycles. The first-order chi connectivity index (χ1) is 10.6. The van der Waals surface area contributed by atoms with Gasteiger partial charge < -0.3 is 15.7 Å². The van der Waals surface area contributed by atoms with Crippen molar-refractivity contribution in [2.24, 2.45) is 11.1 Å². The van der Waals surface area contributed by atoms with Gasteiger partial charge in [-0.05, 0) is 49.3 Å². The standard InChI is InChI=1S/C18H28N2O2.ClH/c1-3-18(4-2,13-19)17(22)20-11-9-15(10-12-20)14-5-7-16(21)8-6-14;/h5-8,15,21H,3-4,9-13,19H2,1-2H3;1H. The van der Waals surface area contributed by atoms with E-state index < -0.39 is 0 Å². The van der Waals surface area contributed by atoms with Crippen LogP contribution < -0.4 is 5.73 Å². The van der Waals surface area contributed by atoms with Gasteiger partial charge in [-0.1, -0.05) is 26.0 Å². The number of halogens is 1. The maximum Gasteiger partial charge on any atom is 0.230 e. The molecule has 0 bridgehead atoms. The van der Waals surface area contributed by atoms with Gasteiger partial charge in [-0.3, -0.25) is 4.79 Å². The Hall–Kier alpha value is -1.26. The van der Waals surface area contributed by atoms with Crippen LogP contribution in [0.3, 0.4) is 0 Å². The summed E-state index contributed by atoms with van der Waals surface area (Å²) in [6, 6.07) is 7.44. The summed E-state index contributed by atoms with van der Waals surface area (Å²) in [6.07, 6.45) is 3.56. The molecule has 0 unspecified atom stereocenters. The number of piperidine rings is 1. The van der Waals surface area contributed by atoms with Crippen LogP contribution in [-0.4, -0.2) is 35.5 Å². The lowest BCUT2D eigenvalue weighted by atomic mass is 9.80. The summed E-state index contributed by atoms with van der Waals surface area (Å²) in [4.78, 5) is 14.8. The summed E-state index contributed by atoms with van der Waals surface area (Å²) < 4.78 is 0. The second-order valence-corrected chi connectivity index (χ2v) is 6.35. The number of phenols is 1. The molecule has 0 spiro atoms. The van der Waals surface area contributed by atoms with E-state index in [0.717, 1.165) is 38.8 Å². The van der Waals surface area contributed by atoms with Crippen LogP contribution >= 0.6 is 12.4 Å². The molecular weight excluding hydrogens is 312 g/mol. The van der Waals surface area contributed by atoms with E-state index in [0.29, 0.717) is 18.2 Å². The van der Waals surface area contributed by atoms with Crippen LogP contribution in [0.4, 0.5) is 0 Å². The fourth-order valence-corrected chi connectivity index (χ4v) is 3.43. The highest BCUT2D eigenvalue weighted by Gasteiger charge is 2.38. The number of hydrogen-bond donors (Lipinski definition) is 2. The normalized spacial score (nSPS) is 16.0. The minimum Gasteiger partial charge on any atom is -0.508 e. The largest absolute Gasteiger partial charge is 0.508 e. The zero-order valence-corrected chi connectivity index (χ0v) is 14.9. The highest BCUT2D eigenvalue weighted by molar-refractivity contribution is 5.85. The van der Waals surface area contributed by atoms with E-state index in [1.54, 1.807) is 12.1 Å². The lowest BCUT2D eigenvalue weighted by molar-refractivity contribution is -0.143. The van der Waals surface area contributed by atoms with Gasteiger partial charge in [0.05, 0.1) is 5.41 Å². The molecule has 5 heteroatoms. The van der Waals surface area contributed by atoms with Crippen LogP contribution in [0, 0.1) is 5.41 Å². The first kappa shape index (κ1) is 19.8. The SMILES string of the molecule is CCC(CC)(CN)C(=O)N1CCC(c2ccc(O)cc2)CC1.Cl. The van der Waals surface area contributed by atoms with Gasteiger partial charge in [0.2, 0.25) is 5.91 Å². The third kappa shape index (κ3) is 4.18. The number of aromatic hydroxyl groups is 1. The number of rotatable bonds is 5. The summed E-state index contributed by atoms with van der Waals surface area (Å²) in [5.41, 5.74) is 6.77. The van der Waals surface area contributed by atoms with Gasteiger partial charge >= 0.3 is 0 Å². The molecule has 0 aliphatic carbocycles. The molecule has 3 N–H and O–H groups in total. The van der Waals surface area contributed by atoms with Crippen molar-refractivity contribution in [2.45, 2.75) is 45.4 Å². The first-order valence-electron chi connectivity index (χ1n) is 8.34. The summed E-state index contributed by atoms with van der Waals surface area (Å²) in [5, 5.41) is 9.38. The number of nitrogens with two attached hydrogens (primary N) is 1. The third-order valence-corrected chi connectivity index (χ3v) is 5.34. The Bertz CT molecular complexity index is 484. The Morgan fingerprint density at radius 3 is 2.17 bits per heavy atom. The molecule has 0 aromatic heterocycles. The van der Waals surface area contributed by atoms with Crippen molar-refractivity contribution in [2.75, 3.05) is 19.6 Å². The summed E-state index contributed by atoms with van der Waals surface area (Å²) in [7, 11) is 0. The van der Waals surface area contributed by atoms with E-state index in [1.807, 2.05) is 17.0 Å². The molecule has 23 heavy (non-hydrogen) atoms. The van der Waals surface area contributed by atoms with E-state index >= 15 is 0 Å².